The predicted molar refractivity (Wildman–Crippen MR) is 83.3 cm³/mol. The first-order valence-corrected chi connectivity index (χ1v) is 6.87. The van der Waals surface area contributed by atoms with Gasteiger partial charge in [-0.2, -0.15) is 0 Å². The second-order valence-electron chi connectivity index (χ2n) is 4.81. The van der Waals surface area contributed by atoms with Crippen molar-refractivity contribution in [3.63, 3.8) is 0 Å². The number of carboxylic acids is 1. The molecule has 2 aromatic carbocycles. The largest absolute Gasteiger partial charge is 0.478 e. The van der Waals surface area contributed by atoms with Gasteiger partial charge in [-0.1, -0.05) is 30.3 Å². The van der Waals surface area contributed by atoms with E-state index in [1.54, 1.807) is 0 Å². The number of nitrogens with one attached hydrogen (secondary N) is 1. The lowest BCUT2D eigenvalue weighted by Gasteiger charge is -2.09. The van der Waals surface area contributed by atoms with Gasteiger partial charge in [0.2, 0.25) is 0 Å². The Bertz CT molecular complexity index is 671. The lowest BCUT2D eigenvalue weighted by molar-refractivity contribution is -0.384. The first-order chi connectivity index (χ1) is 10.6. The van der Waals surface area contributed by atoms with Gasteiger partial charge >= 0.3 is 5.97 Å². The van der Waals surface area contributed by atoms with Crippen LogP contribution in [0.3, 0.4) is 0 Å². The summed E-state index contributed by atoms with van der Waals surface area (Å²) in [5.74, 6) is -1.11. The zero-order chi connectivity index (χ0) is 15.9. The first kappa shape index (κ1) is 15.5. The van der Waals surface area contributed by atoms with E-state index in [2.05, 4.69) is 5.32 Å². The fourth-order valence-electron chi connectivity index (χ4n) is 2.14. The molecule has 2 N–H and O–H groups in total. The molecule has 0 amide bonds. The molecule has 0 aliphatic heterocycles. The van der Waals surface area contributed by atoms with Crippen molar-refractivity contribution in [3.8, 4) is 0 Å². The molecule has 0 atom stereocenters. The van der Waals surface area contributed by atoms with Gasteiger partial charge in [0.25, 0.3) is 5.69 Å². The maximum Gasteiger partial charge on any atom is 0.337 e. The molecule has 22 heavy (non-hydrogen) atoms. The molecule has 0 bridgehead atoms. The van der Waals surface area contributed by atoms with Gasteiger partial charge in [-0.25, -0.2) is 4.79 Å². The second-order valence-corrected chi connectivity index (χ2v) is 4.81. The number of carbonyl (C=O) groups is 1. The van der Waals surface area contributed by atoms with Crippen LogP contribution in [-0.4, -0.2) is 22.5 Å². The molecule has 0 saturated heterocycles. The number of benzene rings is 2. The van der Waals surface area contributed by atoms with E-state index in [1.165, 1.54) is 23.8 Å². The third-order valence-electron chi connectivity index (χ3n) is 3.24. The van der Waals surface area contributed by atoms with Crippen molar-refractivity contribution >= 4 is 17.3 Å². The molecule has 2 rings (SSSR count). The topological polar surface area (TPSA) is 92.5 Å². The zero-order valence-electron chi connectivity index (χ0n) is 11.9. The molecule has 0 fully saturated rings. The van der Waals surface area contributed by atoms with Gasteiger partial charge < -0.3 is 10.4 Å². The van der Waals surface area contributed by atoms with E-state index in [9.17, 15) is 14.9 Å². The number of hydrogen-bond acceptors (Lipinski definition) is 4. The van der Waals surface area contributed by atoms with Crippen LogP contribution in [0, 0.1) is 10.1 Å². The second kappa shape index (κ2) is 7.21. The van der Waals surface area contributed by atoms with Crippen LogP contribution in [0.25, 0.3) is 0 Å². The number of anilines is 1. The molecule has 0 radical (unpaired) electrons. The van der Waals surface area contributed by atoms with Crippen LogP contribution in [-0.2, 0) is 6.42 Å². The standard InChI is InChI=1S/C16H16N2O4/c19-16(20)14-9-8-13(18(21)22)11-15(14)17-10-4-7-12-5-2-1-3-6-12/h1-3,5-6,8-9,11,17H,4,7,10H2,(H,19,20). The summed E-state index contributed by atoms with van der Waals surface area (Å²) in [6, 6.07) is 13.6. The number of aromatic carboxylic acids is 1. The average molecular weight is 300 g/mol. The summed E-state index contributed by atoms with van der Waals surface area (Å²) in [6.07, 6.45) is 1.65. The molecule has 0 aliphatic carbocycles. The third-order valence-corrected chi connectivity index (χ3v) is 3.24. The van der Waals surface area contributed by atoms with Gasteiger partial charge in [0.15, 0.2) is 0 Å². The van der Waals surface area contributed by atoms with Crippen LogP contribution in [0.1, 0.15) is 22.3 Å². The molecular formula is C16H16N2O4. The molecule has 6 nitrogen and oxygen atoms in total. The van der Waals surface area contributed by atoms with Crippen molar-refractivity contribution in [2.45, 2.75) is 12.8 Å². The fourth-order valence-corrected chi connectivity index (χ4v) is 2.14. The summed E-state index contributed by atoms with van der Waals surface area (Å²) < 4.78 is 0. The van der Waals surface area contributed by atoms with Crippen molar-refractivity contribution in [2.24, 2.45) is 0 Å². The maximum absolute atomic E-state index is 11.1. The van der Waals surface area contributed by atoms with E-state index in [-0.39, 0.29) is 16.9 Å². The van der Waals surface area contributed by atoms with E-state index in [0.29, 0.717) is 6.54 Å². The van der Waals surface area contributed by atoms with Crippen molar-refractivity contribution in [2.75, 3.05) is 11.9 Å². The summed E-state index contributed by atoms with van der Waals surface area (Å²) in [5.41, 5.74) is 1.37. The van der Waals surface area contributed by atoms with E-state index >= 15 is 0 Å². The summed E-state index contributed by atoms with van der Waals surface area (Å²) in [5, 5.41) is 22.9. The molecule has 0 saturated carbocycles. The van der Waals surface area contributed by atoms with Crippen molar-refractivity contribution in [1.82, 2.24) is 0 Å². The predicted octanol–water partition coefficient (Wildman–Crippen LogP) is 3.34. The van der Waals surface area contributed by atoms with Gasteiger partial charge in [0, 0.05) is 18.7 Å². The monoisotopic (exact) mass is 300 g/mol. The summed E-state index contributed by atoms with van der Waals surface area (Å²) >= 11 is 0. The van der Waals surface area contributed by atoms with Gasteiger partial charge in [0.1, 0.15) is 0 Å². The Hall–Kier alpha value is -2.89. The van der Waals surface area contributed by atoms with Crippen LogP contribution in [0.5, 0.6) is 0 Å². The number of hydrogen-bond donors (Lipinski definition) is 2. The van der Waals surface area contributed by atoms with Crippen LogP contribution in [0.4, 0.5) is 11.4 Å². The van der Waals surface area contributed by atoms with Crippen molar-refractivity contribution in [1.29, 1.82) is 0 Å². The Labute approximate surface area is 127 Å². The van der Waals surface area contributed by atoms with Gasteiger partial charge in [-0.3, -0.25) is 10.1 Å². The third kappa shape index (κ3) is 4.05. The van der Waals surface area contributed by atoms with Gasteiger partial charge in [0.05, 0.1) is 16.2 Å². The normalized spacial score (nSPS) is 10.2. The maximum atomic E-state index is 11.1. The summed E-state index contributed by atoms with van der Waals surface area (Å²) in [6.45, 7) is 0.538. The molecule has 0 heterocycles. The number of nitro groups is 1. The Morgan fingerprint density at radius 2 is 1.91 bits per heavy atom. The van der Waals surface area contributed by atoms with Crippen LogP contribution in [0.15, 0.2) is 48.5 Å². The Morgan fingerprint density at radius 1 is 1.18 bits per heavy atom. The molecular weight excluding hydrogens is 284 g/mol. The highest BCUT2D eigenvalue weighted by molar-refractivity contribution is 5.94. The molecule has 0 aromatic heterocycles. The lowest BCUT2D eigenvalue weighted by Crippen LogP contribution is -2.09. The minimum atomic E-state index is -1.11. The van der Waals surface area contributed by atoms with Crippen LogP contribution in [0.2, 0.25) is 0 Å². The highest BCUT2D eigenvalue weighted by atomic mass is 16.6. The SMILES string of the molecule is O=C(O)c1ccc([N+](=O)[O-])cc1NCCCc1ccccc1. The smallest absolute Gasteiger partial charge is 0.337 e. The minimum absolute atomic E-state index is 0.0327. The summed E-state index contributed by atoms with van der Waals surface area (Å²) in [7, 11) is 0. The number of non-ortho nitro benzene ring substituents is 1. The van der Waals surface area contributed by atoms with E-state index in [1.807, 2.05) is 30.3 Å². The number of aryl methyl sites for hydroxylation is 1. The number of carboxylic acid groups (broad SMARTS) is 1. The van der Waals surface area contributed by atoms with E-state index < -0.39 is 10.9 Å². The highest BCUT2D eigenvalue weighted by Gasteiger charge is 2.14. The Morgan fingerprint density at radius 3 is 2.55 bits per heavy atom. The zero-order valence-corrected chi connectivity index (χ0v) is 11.9. The molecule has 6 heteroatoms. The van der Waals surface area contributed by atoms with E-state index in [0.717, 1.165) is 12.8 Å². The molecule has 0 aliphatic rings. The van der Waals surface area contributed by atoms with Gasteiger partial charge in [-0.15, -0.1) is 0 Å². The highest BCUT2D eigenvalue weighted by Crippen LogP contribution is 2.22. The number of nitro benzene ring substituents is 1. The Kier molecular flexibility index (Phi) is 5.08. The molecule has 114 valence electrons. The van der Waals surface area contributed by atoms with Crippen molar-refractivity contribution in [3.05, 3.63) is 69.8 Å². The van der Waals surface area contributed by atoms with Crippen LogP contribution >= 0.6 is 0 Å². The fraction of sp³-hybridized carbons (Fsp3) is 0.188. The van der Waals surface area contributed by atoms with Gasteiger partial charge in [-0.05, 0) is 24.5 Å². The van der Waals surface area contributed by atoms with E-state index in [4.69, 9.17) is 5.11 Å². The molecule has 2 aromatic rings. The first-order valence-electron chi connectivity index (χ1n) is 6.87. The minimum Gasteiger partial charge on any atom is -0.478 e. The van der Waals surface area contributed by atoms with Crippen LogP contribution < -0.4 is 5.32 Å². The molecule has 0 spiro atoms. The lowest BCUT2D eigenvalue weighted by atomic mass is 10.1. The Balaban J connectivity index is 2.00. The molecule has 0 unspecified atom stereocenters. The quantitative estimate of drug-likeness (QED) is 0.465. The van der Waals surface area contributed by atoms with Crippen molar-refractivity contribution < 1.29 is 14.8 Å². The summed E-state index contributed by atoms with van der Waals surface area (Å²) in [4.78, 5) is 21.4. The number of nitrogens with zero attached hydrogens (tertiary/aromatic N) is 1. The number of rotatable bonds is 7. The average Bonchev–Trinajstić information content (AvgIpc) is 2.52.